The second kappa shape index (κ2) is 6.03. The van der Waals surface area contributed by atoms with Crippen molar-refractivity contribution in [3.8, 4) is 5.75 Å². The van der Waals surface area contributed by atoms with Gasteiger partial charge in [0.05, 0.1) is 0 Å². The first kappa shape index (κ1) is 11.5. The lowest BCUT2D eigenvalue weighted by Crippen LogP contribution is -2.05. The highest BCUT2D eigenvalue weighted by Crippen LogP contribution is 2.19. The van der Waals surface area contributed by atoms with Crippen LogP contribution in [0.25, 0.3) is 0 Å². The average molecular weight is 210 g/mol. The van der Waals surface area contributed by atoms with Crippen LogP contribution in [-0.2, 0) is 11.2 Å². The van der Waals surface area contributed by atoms with E-state index in [0.29, 0.717) is 12.4 Å². The van der Waals surface area contributed by atoms with Crippen molar-refractivity contribution in [2.24, 2.45) is 0 Å². The van der Waals surface area contributed by atoms with Crippen LogP contribution in [0.5, 0.6) is 5.75 Å². The Bertz CT molecular complexity index is 322. The molecule has 4 heteroatoms. The maximum atomic E-state index is 10.4. The van der Waals surface area contributed by atoms with Gasteiger partial charge in [0.1, 0.15) is 5.75 Å². The second-order valence-electron chi connectivity index (χ2n) is 3.07. The summed E-state index contributed by atoms with van der Waals surface area (Å²) < 4.78 is 9.58. The smallest absolute Gasteiger partial charge is 0.449 e. The zero-order valence-corrected chi connectivity index (χ0v) is 8.60. The van der Waals surface area contributed by atoms with E-state index in [9.17, 15) is 4.79 Å². The molecule has 0 unspecified atom stereocenters. The van der Waals surface area contributed by atoms with Crippen LogP contribution >= 0.6 is 0 Å². The Morgan fingerprint density at radius 2 is 2.13 bits per heavy atom. The molecule has 0 spiro atoms. The lowest BCUT2D eigenvalue weighted by molar-refractivity contribution is 0.144. The van der Waals surface area contributed by atoms with Crippen molar-refractivity contribution in [3.63, 3.8) is 0 Å². The lowest BCUT2D eigenvalue weighted by atomic mass is 10.1. The van der Waals surface area contributed by atoms with E-state index in [1.807, 2.05) is 12.1 Å². The molecule has 0 fully saturated rings. The first-order valence-corrected chi connectivity index (χ1v) is 4.71. The number of ether oxygens (including phenoxy) is 2. The molecule has 1 aromatic carbocycles. The summed E-state index contributed by atoms with van der Waals surface area (Å²) in [6.45, 7) is 0.654. The highest BCUT2D eigenvalue weighted by Gasteiger charge is 2.06. The van der Waals surface area contributed by atoms with E-state index in [1.165, 1.54) is 0 Å². The van der Waals surface area contributed by atoms with Crippen molar-refractivity contribution in [2.75, 3.05) is 13.7 Å². The topological polar surface area (TPSA) is 55.8 Å². The lowest BCUT2D eigenvalue weighted by Gasteiger charge is -2.07. The minimum Gasteiger partial charge on any atom is -0.449 e. The molecule has 0 bridgehead atoms. The molecule has 0 heterocycles. The summed E-state index contributed by atoms with van der Waals surface area (Å²) in [6, 6.07) is 7.11. The SMILES string of the molecule is COCCCc1ccccc1OC(=O)O. The molecule has 0 aliphatic heterocycles. The molecule has 0 atom stereocenters. The molecule has 4 nitrogen and oxygen atoms in total. The number of aryl methyl sites for hydroxylation is 1. The first-order valence-electron chi connectivity index (χ1n) is 4.71. The third-order valence-corrected chi connectivity index (χ3v) is 1.96. The van der Waals surface area contributed by atoms with Crippen LogP contribution < -0.4 is 4.74 Å². The zero-order valence-electron chi connectivity index (χ0n) is 8.60. The molecule has 0 aliphatic rings. The van der Waals surface area contributed by atoms with Gasteiger partial charge in [-0.05, 0) is 24.5 Å². The van der Waals surface area contributed by atoms with Crippen molar-refractivity contribution in [3.05, 3.63) is 29.8 Å². The fourth-order valence-electron chi connectivity index (χ4n) is 1.31. The third kappa shape index (κ3) is 3.99. The van der Waals surface area contributed by atoms with Gasteiger partial charge in [-0.1, -0.05) is 18.2 Å². The van der Waals surface area contributed by atoms with Gasteiger partial charge in [0.25, 0.3) is 0 Å². The maximum absolute atomic E-state index is 10.4. The summed E-state index contributed by atoms with van der Waals surface area (Å²) >= 11 is 0. The number of hydrogen-bond donors (Lipinski definition) is 1. The van der Waals surface area contributed by atoms with Crippen LogP contribution in [0.15, 0.2) is 24.3 Å². The van der Waals surface area contributed by atoms with Crippen molar-refractivity contribution < 1.29 is 19.4 Å². The van der Waals surface area contributed by atoms with E-state index < -0.39 is 6.16 Å². The molecule has 0 saturated carbocycles. The monoisotopic (exact) mass is 210 g/mol. The van der Waals surface area contributed by atoms with Gasteiger partial charge in [-0.3, -0.25) is 0 Å². The summed E-state index contributed by atoms with van der Waals surface area (Å²) in [7, 11) is 1.64. The van der Waals surface area contributed by atoms with Crippen LogP contribution in [0.4, 0.5) is 4.79 Å². The summed E-state index contributed by atoms with van der Waals surface area (Å²) in [5.74, 6) is 0.404. The number of para-hydroxylation sites is 1. The van der Waals surface area contributed by atoms with Crippen LogP contribution in [0.3, 0.4) is 0 Å². The number of hydrogen-bond acceptors (Lipinski definition) is 3. The molecule has 15 heavy (non-hydrogen) atoms. The van der Waals surface area contributed by atoms with Crippen molar-refractivity contribution in [1.82, 2.24) is 0 Å². The van der Waals surface area contributed by atoms with Crippen molar-refractivity contribution in [2.45, 2.75) is 12.8 Å². The van der Waals surface area contributed by atoms with Crippen LogP contribution in [0, 0.1) is 0 Å². The molecule has 0 amide bonds. The number of benzene rings is 1. The molecule has 0 radical (unpaired) electrons. The summed E-state index contributed by atoms with van der Waals surface area (Å²) in [5, 5.41) is 8.52. The molecule has 82 valence electrons. The summed E-state index contributed by atoms with van der Waals surface area (Å²) in [5.41, 5.74) is 0.886. The Labute approximate surface area is 88.4 Å². The fourth-order valence-corrected chi connectivity index (χ4v) is 1.31. The number of carboxylic acid groups (broad SMARTS) is 1. The average Bonchev–Trinajstić information content (AvgIpc) is 2.20. The van der Waals surface area contributed by atoms with Gasteiger partial charge in [-0.15, -0.1) is 0 Å². The van der Waals surface area contributed by atoms with Crippen molar-refractivity contribution in [1.29, 1.82) is 0 Å². The Hall–Kier alpha value is -1.55. The summed E-state index contributed by atoms with van der Waals surface area (Å²) in [6.07, 6.45) is 0.308. The van der Waals surface area contributed by atoms with Gasteiger partial charge in [0.2, 0.25) is 0 Å². The van der Waals surface area contributed by atoms with Gasteiger partial charge >= 0.3 is 6.16 Å². The largest absolute Gasteiger partial charge is 0.511 e. The Balaban J connectivity index is 2.64. The van der Waals surface area contributed by atoms with E-state index >= 15 is 0 Å². The predicted octanol–water partition coefficient (Wildman–Crippen LogP) is 2.32. The third-order valence-electron chi connectivity index (χ3n) is 1.96. The molecule has 1 aromatic rings. The number of methoxy groups -OCH3 is 1. The minimum atomic E-state index is -1.28. The maximum Gasteiger partial charge on any atom is 0.511 e. The van der Waals surface area contributed by atoms with Crippen LogP contribution in [0.1, 0.15) is 12.0 Å². The second-order valence-corrected chi connectivity index (χ2v) is 3.07. The minimum absolute atomic E-state index is 0.404. The molecule has 1 N–H and O–H groups in total. The van der Waals surface area contributed by atoms with Gasteiger partial charge in [0.15, 0.2) is 0 Å². The number of rotatable bonds is 5. The predicted molar refractivity (Wildman–Crippen MR) is 55.3 cm³/mol. The first-order chi connectivity index (χ1) is 7.24. The highest BCUT2D eigenvalue weighted by molar-refractivity contribution is 5.62. The zero-order chi connectivity index (χ0) is 11.1. The van der Waals surface area contributed by atoms with Gasteiger partial charge < -0.3 is 14.6 Å². The normalized spacial score (nSPS) is 9.93. The van der Waals surface area contributed by atoms with Gasteiger partial charge in [0, 0.05) is 13.7 Å². The molecular formula is C11H14O4. The van der Waals surface area contributed by atoms with E-state index in [-0.39, 0.29) is 0 Å². The van der Waals surface area contributed by atoms with E-state index in [0.717, 1.165) is 18.4 Å². The Kier molecular flexibility index (Phi) is 4.63. The van der Waals surface area contributed by atoms with Crippen molar-refractivity contribution >= 4 is 6.16 Å². The van der Waals surface area contributed by atoms with E-state index in [2.05, 4.69) is 4.74 Å². The molecule has 0 aromatic heterocycles. The van der Waals surface area contributed by atoms with E-state index in [1.54, 1.807) is 19.2 Å². The fraction of sp³-hybridized carbons (Fsp3) is 0.364. The van der Waals surface area contributed by atoms with Crippen LogP contribution in [0.2, 0.25) is 0 Å². The molecule has 0 aliphatic carbocycles. The molecule has 1 rings (SSSR count). The Morgan fingerprint density at radius 3 is 2.80 bits per heavy atom. The van der Waals surface area contributed by atoms with E-state index in [4.69, 9.17) is 9.84 Å². The van der Waals surface area contributed by atoms with Crippen LogP contribution in [-0.4, -0.2) is 25.0 Å². The Morgan fingerprint density at radius 1 is 1.40 bits per heavy atom. The molecule has 0 saturated heterocycles. The van der Waals surface area contributed by atoms with Gasteiger partial charge in [-0.25, -0.2) is 4.79 Å². The van der Waals surface area contributed by atoms with Gasteiger partial charge in [-0.2, -0.15) is 0 Å². The summed E-state index contributed by atoms with van der Waals surface area (Å²) in [4.78, 5) is 10.4. The quantitative estimate of drug-likeness (QED) is 0.460. The number of carbonyl (C=O) groups is 1. The highest BCUT2D eigenvalue weighted by atomic mass is 16.7. The molecular weight excluding hydrogens is 196 g/mol. The standard InChI is InChI=1S/C11H14O4/c1-14-8-4-6-9-5-2-3-7-10(9)15-11(12)13/h2-3,5,7H,4,6,8H2,1H3,(H,12,13).